The zero-order chi connectivity index (χ0) is 18.6. The molecule has 1 fully saturated rings. The summed E-state index contributed by atoms with van der Waals surface area (Å²) in [4.78, 5) is 17.7. The lowest BCUT2D eigenvalue weighted by Gasteiger charge is -2.18. The van der Waals surface area contributed by atoms with Crippen molar-refractivity contribution in [3.8, 4) is 11.5 Å². The van der Waals surface area contributed by atoms with Gasteiger partial charge in [0.1, 0.15) is 17.6 Å². The lowest BCUT2D eigenvalue weighted by molar-refractivity contribution is -0.137. The Morgan fingerprint density at radius 3 is 2.69 bits per heavy atom. The van der Waals surface area contributed by atoms with E-state index in [-0.39, 0.29) is 24.4 Å². The molecule has 1 aliphatic rings. The van der Waals surface area contributed by atoms with Gasteiger partial charge in [-0.1, -0.05) is 6.07 Å². The van der Waals surface area contributed by atoms with Gasteiger partial charge in [-0.2, -0.15) is 13.2 Å². The number of rotatable bonds is 5. The zero-order valence-electron chi connectivity index (χ0n) is 13.8. The van der Waals surface area contributed by atoms with Crippen LogP contribution in [0.1, 0.15) is 12.0 Å². The van der Waals surface area contributed by atoms with Crippen molar-refractivity contribution in [1.29, 1.82) is 0 Å². The van der Waals surface area contributed by atoms with Crippen molar-refractivity contribution in [3.05, 3.63) is 54.4 Å². The summed E-state index contributed by atoms with van der Waals surface area (Å²) >= 11 is 0. The van der Waals surface area contributed by atoms with Gasteiger partial charge in [0.2, 0.25) is 0 Å². The average Bonchev–Trinajstić information content (AvgIpc) is 3.09. The summed E-state index contributed by atoms with van der Waals surface area (Å²) in [6.07, 6.45) is -0.658. The normalized spacial score (nSPS) is 17.2. The Bertz CT molecular complexity index is 753. The third-order valence-electron chi connectivity index (χ3n) is 3.97. The molecular weight excluding hydrogens is 349 g/mol. The van der Waals surface area contributed by atoms with Crippen molar-refractivity contribution in [2.45, 2.75) is 18.7 Å². The SMILES string of the molecule is O=C(COc1cccc(C(F)(F)F)c1)N1CCC(Oc2ccncc2)C1. The van der Waals surface area contributed by atoms with E-state index in [2.05, 4.69) is 4.98 Å². The molecule has 1 aromatic carbocycles. The summed E-state index contributed by atoms with van der Waals surface area (Å²) in [5.41, 5.74) is -0.811. The van der Waals surface area contributed by atoms with E-state index in [4.69, 9.17) is 9.47 Å². The summed E-state index contributed by atoms with van der Waals surface area (Å²) < 4.78 is 49.1. The maximum atomic E-state index is 12.7. The second-order valence-electron chi connectivity index (χ2n) is 5.87. The molecule has 0 saturated carbocycles. The Labute approximate surface area is 148 Å². The van der Waals surface area contributed by atoms with Crippen LogP contribution in [0.4, 0.5) is 13.2 Å². The maximum absolute atomic E-state index is 12.7. The van der Waals surface area contributed by atoms with Gasteiger partial charge >= 0.3 is 6.18 Å². The minimum Gasteiger partial charge on any atom is -0.488 e. The first-order chi connectivity index (χ1) is 12.4. The number of carbonyl (C=O) groups excluding carboxylic acids is 1. The van der Waals surface area contributed by atoms with Gasteiger partial charge < -0.3 is 14.4 Å². The maximum Gasteiger partial charge on any atom is 0.416 e. The highest BCUT2D eigenvalue weighted by Gasteiger charge is 2.31. The molecule has 26 heavy (non-hydrogen) atoms. The summed E-state index contributed by atoms with van der Waals surface area (Å²) in [6.45, 7) is 0.608. The zero-order valence-corrected chi connectivity index (χ0v) is 13.8. The van der Waals surface area contributed by atoms with Crippen LogP contribution in [0.2, 0.25) is 0 Å². The molecule has 0 spiro atoms. The fraction of sp³-hybridized carbons (Fsp3) is 0.333. The minimum absolute atomic E-state index is 0.0111. The van der Waals surface area contributed by atoms with Gasteiger partial charge in [0, 0.05) is 25.4 Å². The molecule has 0 radical (unpaired) electrons. The van der Waals surface area contributed by atoms with Crippen molar-refractivity contribution in [2.75, 3.05) is 19.7 Å². The lowest BCUT2D eigenvalue weighted by atomic mass is 10.2. The fourth-order valence-corrected chi connectivity index (χ4v) is 2.66. The van der Waals surface area contributed by atoms with Crippen molar-refractivity contribution < 1.29 is 27.4 Å². The molecule has 0 bridgehead atoms. The van der Waals surface area contributed by atoms with Crippen LogP contribution < -0.4 is 9.47 Å². The van der Waals surface area contributed by atoms with Crippen molar-refractivity contribution in [3.63, 3.8) is 0 Å². The van der Waals surface area contributed by atoms with Crippen LogP contribution >= 0.6 is 0 Å². The highest BCUT2D eigenvalue weighted by atomic mass is 19.4. The molecule has 0 N–H and O–H groups in total. The Morgan fingerprint density at radius 1 is 1.19 bits per heavy atom. The molecule has 138 valence electrons. The van der Waals surface area contributed by atoms with Crippen molar-refractivity contribution >= 4 is 5.91 Å². The number of alkyl halides is 3. The van der Waals surface area contributed by atoms with E-state index in [1.807, 2.05) is 0 Å². The molecule has 1 aliphatic heterocycles. The molecule has 1 unspecified atom stereocenters. The number of halogens is 3. The number of amides is 1. The number of hydrogen-bond donors (Lipinski definition) is 0. The predicted octanol–water partition coefficient (Wildman–Crippen LogP) is 3.16. The van der Waals surface area contributed by atoms with Crippen LogP contribution in [0, 0.1) is 0 Å². The number of aromatic nitrogens is 1. The van der Waals surface area contributed by atoms with E-state index >= 15 is 0 Å². The molecule has 8 heteroatoms. The quantitative estimate of drug-likeness (QED) is 0.816. The van der Waals surface area contributed by atoms with Gasteiger partial charge in [0.25, 0.3) is 5.91 Å². The number of hydrogen-bond acceptors (Lipinski definition) is 4. The van der Waals surface area contributed by atoms with Gasteiger partial charge in [0.15, 0.2) is 6.61 Å². The summed E-state index contributed by atoms with van der Waals surface area (Å²) in [5.74, 6) is 0.403. The third-order valence-corrected chi connectivity index (χ3v) is 3.97. The summed E-state index contributed by atoms with van der Waals surface area (Å²) in [7, 11) is 0. The fourth-order valence-electron chi connectivity index (χ4n) is 2.66. The van der Waals surface area contributed by atoms with Gasteiger partial charge in [0.05, 0.1) is 12.1 Å². The number of pyridine rings is 1. The summed E-state index contributed by atoms with van der Waals surface area (Å²) in [6, 6.07) is 7.95. The van der Waals surface area contributed by atoms with E-state index in [1.165, 1.54) is 12.1 Å². The van der Waals surface area contributed by atoms with E-state index in [0.717, 1.165) is 12.1 Å². The number of nitrogens with zero attached hydrogens (tertiary/aromatic N) is 2. The molecule has 1 saturated heterocycles. The minimum atomic E-state index is -4.45. The largest absolute Gasteiger partial charge is 0.488 e. The molecule has 3 rings (SSSR count). The van der Waals surface area contributed by atoms with Gasteiger partial charge in [-0.25, -0.2) is 0 Å². The average molecular weight is 366 g/mol. The lowest BCUT2D eigenvalue weighted by Crippen LogP contribution is -2.34. The molecule has 1 atom stereocenters. The Morgan fingerprint density at radius 2 is 1.96 bits per heavy atom. The Kier molecular flexibility index (Phi) is 5.29. The first-order valence-electron chi connectivity index (χ1n) is 8.06. The van der Waals surface area contributed by atoms with Gasteiger partial charge in [-0.3, -0.25) is 9.78 Å². The van der Waals surface area contributed by atoms with Crippen molar-refractivity contribution in [1.82, 2.24) is 9.88 Å². The van der Waals surface area contributed by atoms with Crippen LogP contribution in [0.15, 0.2) is 48.8 Å². The first-order valence-corrected chi connectivity index (χ1v) is 8.06. The molecule has 0 aliphatic carbocycles. The molecule has 2 aromatic rings. The number of carbonyl (C=O) groups is 1. The van der Waals surface area contributed by atoms with Crippen LogP contribution in [0.25, 0.3) is 0 Å². The number of ether oxygens (including phenoxy) is 2. The number of likely N-dealkylation sites (tertiary alicyclic amines) is 1. The second kappa shape index (κ2) is 7.63. The third kappa shape index (κ3) is 4.65. The molecule has 5 nitrogen and oxygen atoms in total. The standard InChI is InChI=1S/C18H17F3N2O3/c19-18(20,21)13-2-1-3-15(10-13)25-12-17(24)23-9-6-16(11-23)26-14-4-7-22-8-5-14/h1-5,7-8,10,16H,6,9,11-12H2. The van der Waals surface area contributed by atoms with Crippen molar-refractivity contribution in [2.24, 2.45) is 0 Å². The van der Waals surface area contributed by atoms with E-state index in [0.29, 0.717) is 25.3 Å². The molecule has 1 aromatic heterocycles. The van der Waals surface area contributed by atoms with E-state index < -0.39 is 11.7 Å². The van der Waals surface area contributed by atoms with E-state index in [1.54, 1.807) is 29.4 Å². The first kappa shape index (κ1) is 18.0. The van der Waals surface area contributed by atoms with Crippen LogP contribution in [0.3, 0.4) is 0 Å². The highest BCUT2D eigenvalue weighted by molar-refractivity contribution is 5.78. The predicted molar refractivity (Wildman–Crippen MR) is 86.8 cm³/mol. The smallest absolute Gasteiger partial charge is 0.416 e. The van der Waals surface area contributed by atoms with Crippen LogP contribution in [-0.4, -0.2) is 41.6 Å². The summed E-state index contributed by atoms with van der Waals surface area (Å²) in [5, 5.41) is 0. The molecule has 2 heterocycles. The highest BCUT2D eigenvalue weighted by Crippen LogP contribution is 2.31. The van der Waals surface area contributed by atoms with Crippen LogP contribution in [-0.2, 0) is 11.0 Å². The topological polar surface area (TPSA) is 51.7 Å². The molecule has 1 amide bonds. The van der Waals surface area contributed by atoms with Crippen LogP contribution in [0.5, 0.6) is 11.5 Å². The molecular formula is C18H17F3N2O3. The monoisotopic (exact) mass is 366 g/mol. The Balaban J connectivity index is 1.50. The van der Waals surface area contributed by atoms with Gasteiger partial charge in [-0.15, -0.1) is 0 Å². The number of benzene rings is 1. The van der Waals surface area contributed by atoms with E-state index in [9.17, 15) is 18.0 Å². The second-order valence-corrected chi connectivity index (χ2v) is 5.87. The van der Waals surface area contributed by atoms with Gasteiger partial charge in [-0.05, 0) is 30.3 Å². The Hall–Kier alpha value is -2.77.